The third-order valence-corrected chi connectivity index (χ3v) is 3.65. The summed E-state index contributed by atoms with van der Waals surface area (Å²) >= 11 is 0. The Balaban J connectivity index is 2.35. The second kappa shape index (κ2) is 2.31. The average Bonchev–Trinajstić information content (AvgIpc) is 2.38. The molecule has 0 amide bonds. The van der Waals surface area contributed by atoms with Crippen molar-refractivity contribution < 1.29 is 13.2 Å². The monoisotopic (exact) mass is 190 g/mol. The highest BCUT2D eigenvalue weighted by Gasteiger charge is 2.60. The Kier molecular flexibility index (Phi) is 1.62. The highest BCUT2D eigenvalue weighted by molar-refractivity contribution is 5.18. The molecule has 0 spiro atoms. The molecule has 0 aromatic heterocycles. The quantitative estimate of drug-likeness (QED) is 0.513. The van der Waals surface area contributed by atoms with E-state index in [0.29, 0.717) is 6.42 Å². The lowest BCUT2D eigenvalue weighted by Crippen LogP contribution is -2.39. The Morgan fingerprint density at radius 2 is 1.85 bits per heavy atom. The zero-order valence-electron chi connectivity index (χ0n) is 7.73. The van der Waals surface area contributed by atoms with Crippen LogP contribution >= 0.6 is 0 Å². The molecule has 1 saturated carbocycles. The maximum absolute atomic E-state index is 12.7. The summed E-state index contributed by atoms with van der Waals surface area (Å²) in [5, 5.41) is 0. The predicted molar refractivity (Wildman–Crippen MR) is 44.1 cm³/mol. The molecule has 3 unspecified atom stereocenters. The van der Waals surface area contributed by atoms with Gasteiger partial charge in [0, 0.05) is 0 Å². The van der Waals surface area contributed by atoms with Crippen molar-refractivity contribution in [2.24, 2.45) is 23.2 Å². The third-order valence-electron chi connectivity index (χ3n) is 3.65. The number of halogens is 3. The number of allylic oxidation sites excluding steroid dienone is 2. The lowest BCUT2D eigenvalue weighted by Gasteiger charge is -2.36. The van der Waals surface area contributed by atoms with Gasteiger partial charge in [-0.3, -0.25) is 0 Å². The molecule has 3 heteroatoms. The lowest BCUT2D eigenvalue weighted by atomic mass is 9.71. The van der Waals surface area contributed by atoms with E-state index in [9.17, 15) is 13.2 Å². The van der Waals surface area contributed by atoms with Gasteiger partial charge in [0.05, 0.1) is 5.92 Å². The minimum absolute atomic E-state index is 0.129. The summed E-state index contributed by atoms with van der Waals surface area (Å²) in [6.45, 7) is 3.47. The first-order chi connectivity index (χ1) is 5.83. The lowest BCUT2D eigenvalue weighted by molar-refractivity contribution is -0.206. The molecular formula is C10H13F3. The Hall–Kier alpha value is -0.470. The van der Waals surface area contributed by atoms with Gasteiger partial charge in [-0.2, -0.15) is 13.2 Å². The van der Waals surface area contributed by atoms with E-state index < -0.39 is 17.5 Å². The van der Waals surface area contributed by atoms with Crippen molar-refractivity contribution in [1.29, 1.82) is 0 Å². The van der Waals surface area contributed by atoms with Crippen LogP contribution < -0.4 is 0 Å². The standard InChI is InChI=1S/C10H13F3/c1-9(2)7-4-3-6(5-7)8(9)10(11,12)13/h3-4,6-8H,5H2,1-2H3. The Bertz CT molecular complexity index is 249. The van der Waals surface area contributed by atoms with Crippen molar-refractivity contribution in [2.45, 2.75) is 26.4 Å². The highest BCUT2D eigenvalue weighted by atomic mass is 19.4. The molecule has 2 bridgehead atoms. The highest BCUT2D eigenvalue weighted by Crippen LogP contribution is 2.60. The van der Waals surface area contributed by atoms with E-state index in [1.54, 1.807) is 19.9 Å². The number of fused-ring (bicyclic) bond motifs is 2. The van der Waals surface area contributed by atoms with Crippen molar-refractivity contribution in [3.63, 3.8) is 0 Å². The fourth-order valence-corrected chi connectivity index (χ4v) is 2.97. The second-order valence-electron chi connectivity index (χ2n) is 4.73. The fraction of sp³-hybridized carbons (Fsp3) is 0.800. The Morgan fingerprint density at radius 1 is 1.23 bits per heavy atom. The summed E-state index contributed by atoms with van der Waals surface area (Å²) in [6, 6.07) is 0. The molecule has 1 fully saturated rings. The van der Waals surface area contributed by atoms with Gasteiger partial charge in [0.2, 0.25) is 0 Å². The van der Waals surface area contributed by atoms with Crippen molar-refractivity contribution in [3.05, 3.63) is 12.2 Å². The van der Waals surface area contributed by atoms with E-state index in [-0.39, 0.29) is 11.8 Å². The molecule has 0 saturated heterocycles. The molecule has 0 aliphatic heterocycles. The summed E-state index contributed by atoms with van der Waals surface area (Å²) < 4.78 is 38.0. The van der Waals surface area contributed by atoms with Gasteiger partial charge in [-0.1, -0.05) is 26.0 Å². The fourth-order valence-electron chi connectivity index (χ4n) is 2.97. The van der Waals surface area contributed by atoms with E-state index >= 15 is 0 Å². The van der Waals surface area contributed by atoms with Crippen molar-refractivity contribution in [1.82, 2.24) is 0 Å². The topological polar surface area (TPSA) is 0 Å². The van der Waals surface area contributed by atoms with E-state index in [0.717, 1.165) is 0 Å². The summed E-state index contributed by atoms with van der Waals surface area (Å²) in [5.74, 6) is -1.26. The number of hydrogen-bond donors (Lipinski definition) is 0. The molecule has 0 N–H and O–H groups in total. The zero-order chi connectivity index (χ0) is 9.85. The van der Waals surface area contributed by atoms with E-state index in [1.807, 2.05) is 6.08 Å². The average molecular weight is 190 g/mol. The smallest absolute Gasteiger partial charge is 0.171 e. The first-order valence-corrected chi connectivity index (χ1v) is 4.58. The van der Waals surface area contributed by atoms with Gasteiger partial charge >= 0.3 is 6.18 Å². The van der Waals surface area contributed by atoms with Crippen LogP contribution in [0.2, 0.25) is 0 Å². The summed E-state index contributed by atoms with van der Waals surface area (Å²) in [4.78, 5) is 0. The second-order valence-corrected chi connectivity index (χ2v) is 4.73. The first kappa shape index (κ1) is 9.10. The molecule has 0 nitrogen and oxygen atoms in total. The van der Waals surface area contributed by atoms with Crippen LogP contribution in [0.25, 0.3) is 0 Å². The van der Waals surface area contributed by atoms with E-state index in [1.165, 1.54) is 0 Å². The van der Waals surface area contributed by atoms with Crippen molar-refractivity contribution >= 4 is 0 Å². The number of rotatable bonds is 0. The molecule has 0 radical (unpaired) electrons. The minimum atomic E-state index is -4.03. The normalized spacial score (nSPS) is 41.5. The van der Waals surface area contributed by atoms with E-state index in [2.05, 4.69) is 0 Å². The van der Waals surface area contributed by atoms with Gasteiger partial charge in [0.25, 0.3) is 0 Å². The van der Waals surface area contributed by atoms with Crippen molar-refractivity contribution in [2.75, 3.05) is 0 Å². The number of hydrogen-bond acceptors (Lipinski definition) is 0. The zero-order valence-corrected chi connectivity index (χ0v) is 7.73. The maximum Gasteiger partial charge on any atom is 0.392 e. The molecule has 2 aliphatic rings. The van der Waals surface area contributed by atoms with Crippen LogP contribution in [-0.4, -0.2) is 6.18 Å². The Morgan fingerprint density at radius 3 is 2.15 bits per heavy atom. The van der Waals surface area contributed by atoms with Crippen LogP contribution in [0.5, 0.6) is 0 Å². The molecule has 0 aromatic rings. The summed E-state index contributed by atoms with van der Waals surface area (Å²) in [7, 11) is 0. The SMILES string of the molecule is CC1(C)C2C=CC(C2)C1C(F)(F)F. The molecule has 0 aromatic carbocycles. The van der Waals surface area contributed by atoms with Crippen LogP contribution in [-0.2, 0) is 0 Å². The van der Waals surface area contributed by atoms with Gasteiger partial charge in [-0.05, 0) is 23.7 Å². The molecule has 0 heterocycles. The van der Waals surface area contributed by atoms with Crippen LogP contribution in [0.15, 0.2) is 12.2 Å². The minimum Gasteiger partial charge on any atom is -0.171 e. The molecule has 2 rings (SSSR count). The van der Waals surface area contributed by atoms with Gasteiger partial charge in [0.15, 0.2) is 0 Å². The van der Waals surface area contributed by atoms with Gasteiger partial charge in [0.1, 0.15) is 0 Å². The van der Waals surface area contributed by atoms with Crippen LogP contribution in [0, 0.1) is 23.2 Å². The molecule has 13 heavy (non-hydrogen) atoms. The third kappa shape index (κ3) is 1.12. The predicted octanol–water partition coefficient (Wildman–Crippen LogP) is 3.40. The molecular weight excluding hydrogens is 177 g/mol. The van der Waals surface area contributed by atoms with Gasteiger partial charge < -0.3 is 0 Å². The summed E-state index contributed by atoms with van der Waals surface area (Å²) in [6.07, 6.45) is 0.353. The molecule has 74 valence electrons. The molecule has 2 aliphatic carbocycles. The van der Waals surface area contributed by atoms with Crippen LogP contribution in [0.4, 0.5) is 13.2 Å². The van der Waals surface area contributed by atoms with Crippen LogP contribution in [0.1, 0.15) is 20.3 Å². The first-order valence-electron chi connectivity index (χ1n) is 4.58. The van der Waals surface area contributed by atoms with Gasteiger partial charge in [-0.15, -0.1) is 0 Å². The molecule has 3 atom stereocenters. The largest absolute Gasteiger partial charge is 0.392 e. The van der Waals surface area contributed by atoms with Crippen molar-refractivity contribution in [3.8, 4) is 0 Å². The number of alkyl halides is 3. The van der Waals surface area contributed by atoms with E-state index in [4.69, 9.17) is 0 Å². The maximum atomic E-state index is 12.7. The Labute approximate surface area is 75.8 Å². The van der Waals surface area contributed by atoms with Crippen LogP contribution in [0.3, 0.4) is 0 Å². The van der Waals surface area contributed by atoms with Gasteiger partial charge in [-0.25, -0.2) is 0 Å². The summed E-state index contributed by atoms with van der Waals surface area (Å²) in [5.41, 5.74) is -0.600.